The zero-order chi connectivity index (χ0) is 10.7. The molecule has 0 aliphatic rings. The van der Waals surface area contributed by atoms with Crippen LogP contribution < -0.4 is 5.32 Å². The fourth-order valence-corrected chi connectivity index (χ4v) is 1.36. The summed E-state index contributed by atoms with van der Waals surface area (Å²) in [6, 6.07) is 5.47. The van der Waals surface area contributed by atoms with E-state index in [1.165, 1.54) is 6.07 Å². The molecule has 1 aromatic rings. The van der Waals surface area contributed by atoms with Gasteiger partial charge in [-0.05, 0) is 43.5 Å². The van der Waals surface area contributed by atoms with E-state index < -0.39 is 0 Å². The van der Waals surface area contributed by atoms with Crippen molar-refractivity contribution < 1.29 is 4.39 Å². The molecular formula is C12H18FN. The molecule has 0 aliphatic heterocycles. The molecule has 0 aliphatic carbocycles. The highest BCUT2D eigenvalue weighted by molar-refractivity contribution is 5.47. The van der Waals surface area contributed by atoms with Crippen LogP contribution in [0.15, 0.2) is 18.2 Å². The highest BCUT2D eigenvalue weighted by atomic mass is 19.1. The van der Waals surface area contributed by atoms with Crippen LogP contribution in [0.5, 0.6) is 0 Å². The maximum Gasteiger partial charge on any atom is 0.125 e. The van der Waals surface area contributed by atoms with Gasteiger partial charge in [-0.25, -0.2) is 4.39 Å². The van der Waals surface area contributed by atoms with Gasteiger partial charge >= 0.3 is 0 Å². The SMILES string of the molecule is CC(C)Nc1cc(F)cc(C(C)C)c1. The molecule has 0 fully saturated rings. The van der Waals surface area contributed by atoms with Crippen LogP contribution in [0.3, 0.4) is 0 Å². The molecule has 1 nitrogen and oxygen atoms in total. The van der Waals surface area contributed by atoms with Crippen molar-refractivity contribution in [1.29, 1.82) is 0 Å². The molecule has 0 unspecified atom stereocenters. The van der Waals surface area contributed by atoms with Crippen molar-refractivity contribution in [2.24, 2.45) is 0 Å². The topological polar surface area (TPSA) is 12.0 Å². The van der Waals surface area contributed by atoms with Gasteiger partial charge in [0.1, 0.15) is 5.82 Å². The van der Waals surface area contributed by atoms with Crippen molar-refractivity contribution in [1.82, 2.24) is 0 Å². The van der Waals surface area contributed by atoms with E-state index in [0.29, 0.717) is 12.0 Å². The van der Waals surface area contributed by atoms with Crippen molar-refractivity contribution >= 4 is 5.69 Å². The lowest BCUT2D eigenvalue weighted by molar-refractivity contribution is 0.623. The van der Waals surface area contributed by atoms with Gasteiger partial charge in [-0.15, -0.1) is 0 Å². The van der Waals surface area contributed by atoms with E-state index in [4.69, 9.17) is 0 Å². The minimum Gasteiger partial charge on any atom is -0.383 e. The summed E-state index contributed by atoms with van der Waals surface area (Å²) < 4.78 is 13.2. The van der Waals surface area contributed by atoms with Gasteiger partial charge in [0.2, 0.25) is 0 Å². The third-order valence-electron chi connectivity index (χ3n) is 2.04. The van der Waals surface area contributed by atoms with Gasteiger partial charge in [-0.1, -0.05) is 13.8 Å². The Morgan fingerprint density at radius 3 is 2.21 bits per heavy atom. The van der Waals surface area contributed by atoms with E-state index in [1.807, 2.05) is 19.9 Å². The first-order valence-electron chi connectivity index (χ1n) is 5.06. The Kier molecular flexibility index (Phi) is 3.50. The molecule has 0 aromatic heterocycles. The Balaban J connectivity index is 2.95. The predicted octanol–water partition coefficient (Wildman–Crippen LogP) is 3.77. The lowest BCUT2D eigenvalue weighted by Crippen LogP contribution is -2.10. The van der Waals surface area contributed by atoms with Crippen LogP contribution in [0.2, 0.25) is 0 Å². The Morgan fingerprint density at radius 2 is 1.71 bits per heavy atom. The summed E-state index contributed by atoms with van der Waals surface area (Å²) in [4.78, 5) is 0. The van der Waals surface area contributed by atoms with E-state index in [9.17, 15) is 4.39 Å². The standard InChI is InChI=1S/C12H18FN/c1-8(2)10-5-11(13)7-12(6-10)14-9(3)4/h5-9,14H,1-4H3. The van der Waals surface area contributed by atoms with Gasteiger partial charge in [-0.3, -0.25) is 0 Å². The van der Waals surface area contributed by atoms with E-state index in [-0.39, 0.29) is 5.82 Å². The number of nitrogens with one attached hydrogen (secondary N) is 1. The third kappa shape index (κ3) is 3.02. The quantitative estimate of drug-likeness (QED) is 0.774. The van der Waals surface area contributed by atoms with Crippen LogP contribution in [0.25, 0.3) is 0 Å². The normalized spacial score (nSPS) is 11.1. The largest absolute Gasteiger partial charge is 0.383 e. The van der Waals surface area contributed by atoms with Crippen LogP contribution in [-0.4, -0.2) is 6.04 Å². The molecule has 0 bridgehead atoms. The zero-order valence-corrected chi connectivity index (χ0v) is 9.26. The Labute approximate surface area is 85.3 Å². The Hall–Kier alpha value is -1.05. The van der Waals surface area contributed by atoms with Crippen LogP contribution in [0.1, 0.15) is 39.2 Å². The second-order valence-electron chi connectivity index (χ2n) is 4.23. The smallest absolute Gasteiger partial charge is 0.125 e. The van der Waals surface area contributed by atoms with Gasteiger partial charge in [0.25, 0.3) is 0 Å². The fraction of sp³-hybridized carbons (Fsp3) is 0.500. The molecule has 1 rings (SSSR count). The van der Waals surface area contributed by atoms with Crippen LogP contribution in [-0.2, 0) is 0 Å². The number of halogens is 1. The first-order chi connectivity index (χ1) is 6.49. The summed E-state index contributed by atoms with van der Waals surface area (Å²) in [6.45, 7) is 8.21. The average molecular weight is 195 g/mol. The van der Waals surface area contributed by atoms with Crippen molar-refractivity contribution in [3.05, 3.63) is 29.6 Å². The molecule has 0 spiro atoms. The zero-order valence-electron chi connectivity index (χ0n) is 9.26. The highest BCUT2D eigenvalue weighted by Crippen LogP contribution is 2.21. The van der Waals surface area contributed by atoms with Crippen molar-refractivity contribution in [3.8, 4) is 0 Å². The first-order valence-corrected chi connectivity index (χ1v) is 5.06. The van der Waals surface area contributed by atoms with Gasteiger partial charge in [-0.2, -0.15) is 0 Å². The molecule has 1 aromatic carbocycles. The summed E-state index contributed by atoms with van der Waals surface area (Å²) in [5, 5.41) is 3.20. The number of benzene rings is 1. The molecule has 0 atom stereocenters. The predicted molar refractivity (Wildman–Crippen MR) is 59.2 cm³/mol. The van der Waals surface area contributed by atoms with Crippen molar-refractivity contribution in [2.75, 3.05) is 5.32 Å². The van der Waals surface area contributed by atoms with Crippen molar-refractivity contribution in [3.63, 3.8) is 0 Å². The summed E-state index contributed by atoms with van der Waals surface area (Å²) >= 11 is 0. The molecule has 0 saturated carbocycles. The summed E-state index contributed by atoms with van der Waals surface area (Å²) in [5.41, 5.74) is 1.90. The fourth-order valence-electron chi connectivity index (χ4n) is 1.36. The molecule has 14 heavy (non-hydrogen) atoms. The summed E-state index contributed by atoms with van der Waals surface area (Å²) in [5.74, 6) is 0.192. The van der Waals surface area contributed by atoms with Crippen LogP contribution in [0.4, 0.5) is 10.1 Å². The lowest BCUT2D eigenvalue weighted by Gasteiger charge is -2.13. The maximum absolute atomic E-state index is 13.2. The molecule has 0 heterocycles. The minimum atomic E-state index is -0.167. The number of anilines is 1. The minimum absolute atomic E-state index is 0.167. The second-order valence-corrected chi connectivity index (χ2v) is 4.23. The monoisotopic (exact) mass is 195 g/mol. The van der Waals surface area contributed by atoms with Gasteiger partial charge in [0, 0.05) is 11.7 Å². The Bertz CT molecular complexity index is 305. The Morgan fingerprint density at radius 1 is 1.07 bits per heavy atom. The van der Waals surface area contributed by atoms with Crippen LogP contribution in [0, 0.1) is 5.82 Å². The maximum atomic E-state index is 13.2. The first kappa shape index (κ1) is 11.0. The van der Waals surface area contributed by atoms with Gasteiger partial charge < -0.3 is 5.32 Å². The van der Waals surface area contributed by atoms with E-state index >= 15 is 0 Å². The molecule has 78 valence electrons. The molecule has 0 radical (unpaired) electrons. The molecule has 0 saturated heterocycles. The molecule has 0 amide bonds. The van der Waals surface area contributed by atoms with Crippen LogP contribution >= 0.6 is 0 Å². The number of rotatable bonds is 3. The van der Waals surface area contributed by atoms with E-state index in [1.54, 1.807) is 6.07 Å². The van der Waals surface area contributed by atoms with E-state index in [2.05, 4.69) is 19.2 Å². The summed E-state index contributed by atoms with van der Waals surface area (Å²) in [6.07, 6.45) is 0. The average Bonchev–Trinajstić information content (AvgIpc) is 2.01. The number of hydrogen-bond acceptors (Lipinski definition) is 1. The molecule has 2 heteroatoms. The highest BCUT2D eigenvalue weighted by Gasteiger charge is 2.04. The third-order valence-corrected chi connectivity index (χ3v) is 2.04. The number of hydrogen-bond donors (Lipinski definition) is 1. The molecular weight excluding hydrogens is 177 g/mol. The second kappa shape index (κ2) is 4.45. The van der Waals surface area contributed by atoms with E-state index in [0.717, 1.165) is 11.3 Å². The van der Waals surface area contributed by atoms with Crippen molar-refractivity contribution in [2.45, 2.75) is 39.7 Å². The summed E-state index contributed by atoms with van der Waals surface area (Å²) in [7, 11) is 0. The van der Waals surface area contributed by atoms with Gasteiger partial charge in [0.05, 0.1) is 0 Å². The van der Waals surface area contributed by atoms with Gasteiger partial charge in [0.15, 0.2) is 0 Å². The molecule has 1 N–H and O–H groups in total. The lowest BCUT2D eigenvalue weighted by atomic mass is 10.0.